The van der Waals surface area contributed by atoms with E-state index in [4.69, 9.17) is 39.5 Å². The van der Waals surface area contributed by atoms with E-state index in [0.29, 0.717) is 19.3 Å². The number of benzene rings is 1. The zero-order valence-electron chi connectivity index (χ0n) is 19.0. The number of nitrogens with zero attached hydrogens (tertiary/aromatic N) is 1. The molecule has 11 heteroatoms. The van der Waals surface area contributed by atoms with E-state index in [0.717, 1.165) is 23.5 Å². The summed E-state index contributed by atoms with van der Waals surface area (Å²) >= 11 is 17.2. The molecular formula is C23H28Cl3FN2O5. The number of nitrogens with one attached hydrogen (secondary N) is 1. The fourth-order valence-corrected chi connectivity index (χ4v) is 4.04. The molecule has 0 spiro atoms. The maximum absolute atomic E-state index is 13.8. The van der Waals surface area contributed by atoms with Gasteiger partial charge >= 0.3 is 5.97 Å². The van der Waals surface area contributed by atoms with Gasteiger partial charge in [0.2, 0.25) is 21.0 Å². The van der Waals surface area contributed by atoms with Crippen LogP contribution in [-0.2, 0) is 23.9 Å². The highest BCUT2D eigenvalue weighted by molar-refractivity contribution is 6.67. The van der Waals surface area contributed by atoms with Gasteiger partial charge in [0.05, 0.1) is 0 Å². The molecule has 0 aromatic heterocycles. The summed E-state index contributed by atoms with van der Waals surface area (Å²) in [7, 11) is 0. The van der Waals surface area contributed by atoms with Gasteiger partial charge < -0.3 is 10.1 Å². The van der Waals surface area contributed by atoms with Crippen molar-refractivity contribution in [2.45, 2.75) is 55.7 Å². The predicted molar refractivity (Wildman–Crippen MR) is 127 cm³/mol. The Kier molecular flexibility index (Phi) is 10.2. The summed E-state index contributed by atoms with van der Waals surface area (Å²) in [6.07, 6.45) is 2.16. The largest absolute Gasteiger partial charge is 0.460 e. The van der Waals surface area contributed by atoms with Gasteiger partial charge in [0.25, 0.3) is 5.91 Å². The Labute approximate surface area is 213 Å². The SMILES string of the molecule is CCCCNC(=O)C1(C(=O)OCC(Cl)(Cl)Cl)C(=O)N(CCCC)C(=O)CC1c1ccc(F)cc1. The molecule has 1 aromatic rings. The third-order valence-electron chi connectivity index (χ3n) is 5.66. The van der Waals surface area contributed by atoms with E-state index in [2.05, 4.69) is 5.32 Å². The number of unbranched alkanes of at least 4 members (excludes halogenated alkanes) is 2. The first-order valence-corrected chi connectivity index (χ1v) is 12.2. The number of likely N-dealkylation sites (tertiary alicyclic amines) is 1. The fourth-order valence-electron chi connectivity index (χ4n) is 3.88. The molecule has 0 radical (unpaired) electrons. The van der Waals surface area contributed by atoms with Crippen molar-refractivity contribution in [3.05, 3.63) is 35.6 Å². The van der Waals surface area contributed by atoms with E-state index in [9.17, 15) is 23.6 Å². The minimum absolute atomic E-state index is 0.0338. The summed E-state index contributed by atoms with van der Waals surface area (Å²) in [6.45, 7) is 3.30. The first-order valence-electron chi connectivity index (χ1n) is 11.1. The summed E-state index contributed by atoms with van der Waals surface area (Å²) in [5.41, 5.74) is -2.20. The molecule has 34 heavy (non-hydrogen) atoms. The van der Waals surface area contributed by atoms with Crippen LogP contribution < -0.4 is 5.32 Å². The highest BCUT2D eigenvalue weighted by Crippen LogP contribution is 2.46. The van der Waals surface area contributed by atoms with E-state index >= 15 is 0 Å². The van der Waals surface area contributed by atoms with Crippen molar-refractivity contribution in [3.8, 4) is 0 Å². The van der Waals surface area contributed by atoms with Crippen LogP contribution in [0, 0.1) is 11.2 Å². The average molecular weight is 538 g/mol. The number of ether oxygens (including phenoxy) is 1. The van der Waals surface area contributed by atoms with Crippen molar-refractivity contribution in [2.24, 2.45) is 5.41 Å². The topological polar surface area (TPSA) is 92.8 Å². The van der Waals surface area contributed by atoms with Crippen LogP contribution in [0.1, 0.15) is 57.4 Å². The molecule has 0 saturated carbocycles. The van der Waals surface area contributed by atoms with Crippen molar-refractivity contribution in [1.29, 1.82) is 0 Å². The van der Waals surface area contributed by atoms with E-state index in [-0.39, 0.29) is 25.1 Å². The van der Waals surface area contributed by atoms with Crippen molar-refractivity contribution in [1.82, 2.24) is 10.2 Å². The van der Waals surface area contributed by atoms with E-state index in [1.165, 1.54) is 12.1 Å². The number of imide groups is 1. The maximum Gasteiger partial charge on any atom is 0.332 e. The molecule has 3 amide bonds. The van der Waals surface area contributed by atoms with E-state index < -0.39 is 51.2 Å². The highest BCUT2D eigenvalue weighted by atomic mass is 35.6. The number of carbonyl (C=O) groups excluding carboxylic acids is 4. The molecule has 2 unspecified atom stereocenters. The van der Waals surface area contributed by atoms with E-state index in [1.54, 1.807) is 0 Å². The molecular weight excluding hydrogens is 510 g/mol. The lowest BCUT2D eigenvalue weighted by molar-refractivity contribution is -0.177. The Hall–Kier alpha value is -1.90. The minimum atomic E-state index is -2.46. The van der Waals surface area contributed by atoms with Crippen molar-refractivity contribution < 1.29 is 28.3 Å². The van der Waals surface area contributed by atoms with Crippen LogP contribution in [0.4, 0.5) is 4.39 Å². The van der Waals surface area contributed by atoms with Gasteiger partial charge in [-0.2, -0.15) is 0 Å². The summed E-state index contributed by atoms with van der Waals surface area (Å²) in [5, 5.41) is 2.63. The van der Waals surface area contributed by atoms with Crippen molar-refractivity contribution >= 4 is 58.5 Å². The number of esters is 1. The fraction of sp³-hybridized carbons (Fsp3) is 0.565. The van der Waals surface area contributed by atoms with Gasteiger partial charge in [-0.25, -0.2) is 4.39 Å². The second-order valence-electron chi connectivity index (χ2n) is 8.12. The first-order chi connectivity index (χ1) is 16.0. The Balaban J connectivity index is 2.66. The summed E-state index contributed by atoms with van der Waals surface area (Å²) < 4.78 is 16.8. The quantitative estimate of drug-likeness (QED) is 0.158. The molecule has 188 valence electrons. The normalized spacial score (nSPS) is 20.9. The third kappa shape index (κ3) is 6.40. The lowest BCUT2D eigenvalue weighted by Gasteiger charge is -2.43. The summed E-state index contributed by atoms with van der Waals surface area (Å²) in [6, 6.07) is 4.91. The van der Waals surface area contributed by atoms with Gasteiger partial charge in [-0.1, -0.05) is 73.6 Å². The van der Waals surface area contributed by atoms with Crippen molar-refractivity contribution in [3.63, 3.8) is 0 Å². The molecule has 1 saturated heterocycles. The van der Waals surface area contributed by atoms with Crippen LogP contribution in [-0.4, -0.2) is 52.1 Å². The first kappa shape index (κ1) is 28.3. The molecule has 1 aromatic carbocycles. The zero-order chi connectivity index (χ0) is 25.5. The van der Waals surface area contributed by atoms with Crippen LogP contribution in [0.5, 0.6) is 0 Å². The number of rotatable bonds is 10. The van der Waals surface area contributed by atoms with Crippen LogP contribution in [0.2, 0.25) is 0 Å². The van der Waals surface area contributed by atoms with Gasteiger partial charge in [0.1, 0.15) is 12.4 Å². The number of piperidine rings is 1. The maximum atomic E-state index is 13.8. The van der Waals surface area contributed by atoms with Crippen molar-refractivity contribution in [2.75, 3.05) is 19.7 Å². The Bertz CT molecular complexity index is 907. The lowest BCUT2D eigenvalue weighted by Crippen LogP contribution is -2.65. The molecule has 1 N–H and O–H groups in total. The number of alkyl halides is 3. The highest BCUT2D eigenvalue weighted by Gasteiger charge is 2.65. The van der Waals surface area contributed by atoms with Crippen LogP contribution in [0.15, 0.2) is 24.3 Å². The van der Waals surface area contributed by atoms with Crippen LogP contribution >= 0.6 is 34.8 Å². The number of amides is 3. The molecule has 2 rings (SSSR count). The van der Waals surface area contributed by atoms with Gasteiger partial charge in [0.15, 0.2) is 0 Å². The third-order valence-corrected chi connectivity index (χ3v) is 5.98. The van der Waals surface area contributed by atoms with Gasteiger partial charge in [-0.15, -0.1) is 0 Å². The molecule has 0 aliphatic carbocycles. The molecule has 1 aliphatic heterocycles. The number of hydrogen-bond acceptors (Lipinski definition) is 5. The molecule has 2 atom stereocenters. The number of halogens is 4. The zero-order valence-corrected chi connectivity index (χ0v) is 21.3. The number of hydrogen-bond donors (Lipinski definition) is 1. The monoisotopic (exact) mass is 536 g/mol. The van der Waals surface area contributed by atoms with Crippen LogP contribution in [0.25, 0.3) is 0 Å². The minimum Gasteiger partial charge on any atom is -0.460 e. The smallest absolute Gasteiger partial charge is 0.332 e. The van der Waals surface area contributed by atoms with E-state index in [1.807, 2.05) is 13.8 Å². The van der Waals surface area contributed by atoms with Gasteiger partial charge in [-0.3, -0.25) is 24.1 Å². The van der Waals surface area contributed by atoms with Crippen LogP contribution in [0.3, 0.4) is 0 Å². The Morgan fingerprint density at radius 1 is 1.15 bits per heavy atom. The Morgan fingerprint density at radius 2 is 1.76 bits per heavy atom. The summed E-state index contributed by atoms with van der Waals surface area (Å²) in [5.74, 6) is -5.49. The molecule has 1 fully saturated rings. The lowest BCUT2D eigenvalue weighted by atomic mass is 9.66. The summed E-state index contributed by atoms with van der Waals surface area (Å²) in [4.78, 5) is 54.8. The Morgan fingerprint density at radius 3 is 2.32 bits per heavy atom. The number of carbonyl (C=O) groups is 4. The average Bonchev–Trinajstić information content (AvgIpc) is 2.77. The van der Waals surface area contributed by atoms with Gasteiger partial charge in [-0.05, 0) is 30.5 Å². The standard InChI is InChI=1S/C23H28Cl3FN2O5/c1-3-5-11-28-19(31)23(21(33)34-14-22(24,25)26)17(15-7-9-16(27)10-8-15)13-18(30)29(20(23)32)12-6-4-2/h7-10,17H,3-6,11-14H2,1-2H3,(H,28,31). The molecule has 0 bridgehead atoms. The second-order valence-corrected chi connectivity index (χ2v) is 10.6. The van der Waals surface area contributed by atoms with Gasteiger partial charge in [0, 0.05) is 25.4 Å². The molecule has 1 aliphatic rings. The second kappa shape index (κ2) is 12.2. The molecule has 1 heterocycles. The molecule has 7 nitrogen and oxygen atoms in total. The predicted octanol–water partition coefficient (Wildman–Crippen LogP) is 4.28.